The molecule has 0 bridgehead atoms. The molecule has 0 saturated carbocycles. The highest BCUT2D eigenvalue weighted by molar-refractivity contribution is 7.89. The van der Waals surface area contributed by atoms with E-state index in [1.807, 2.05) is 6.07 Å². The summed E-state index contributed by atoms with van der Waals surface area (Å²) in [6.07, 6.45) is -0.357. The van der Waals surface area contributed by atoms with Gasteiger partial charge < -0.3 is 14.8 Å². The smallest absolute Gasteiger partial charge is 0.410 e. The number of carbonyl (C=O) groups excluding carboxylic acids is 2. The maximum Gasteiger partial charge on any atom is 0.418 e. The lowest BCUT2D eigenvalue weighted by molar-refractivity contribution is 0.200. The monoisotopic (exact) mass is 590 g/mol. The summed E-state index contributed by atoms with van der Waals surface area (Å²) in [6.45, 7) is 0.322. The van der Waals surface area contributed by atoms with Gasteiger partial charge in [-0.15, -0.1) is 0 Å². The minimum Gasteiger partial charge on any atom is -0.410 e. The molecule has 2 amide bonds. The molecule has 216 valence electrons. The van der Waals surface area contributed by atoms with Crippen LogP contribution in [0.2, 0.25) is 0 Å². The molecule has 0 heterocycles. The molecule has 0 aliphatic heterocycles. The first-order valence-electron chi connectivity index (χ1n) is 12.7. The molecule has 4 aromatic carbocycles. The number of nitrogens with one attached hydrogen (secondary N) is 3. The maximum atomic E-state index is 13.0. The number of rotatable bonds is 9. The van der Waals surface area contributed by atoms with Crippen LogP contribution >= 0.6 is 0 Å². The Balaban J connectivity index is 1.22. The van der Waals surface area contributed by atoms with Crippen LogP contribution in [0.25, 0.3) is 11.1 Å². The van der Waals surface area contributed by atoms with Crippen LogP contribution in [-0.2, 0) is 16.4 Å². The Morgan fingerprint density at radius 1 is 0.833 bits per heavy atom. The molecular weight excluding hydrogens is 563 g/mol. The van der Waals surface area contributed by atoms with Crippen molar-refractivity contribution in [1.82, 2.24) is 10.6 Å². The number of sulfonamides is 1. The number of amidine groups is 1. The Morgan fingerprint density at radius 2 is 1.48 bits per heavy atom. The quantitative estimate of drug-likeness (QED) is 0.122. The predicted octanol–water partition coefficient (Wildman–Crippen LogP) is 4.98. The van der Waals surface area contributed by atoms with E-state index < -0.39 is 28.0 Å². The average molecular weight is 591 g/mol. The zero-order valence-corrected chi connectivity index (χ0v) is 23.0. The van der Waals surface area contributed by atoms with E-state index >= 15 is 0 Å². The molecule has 0 unspecified atom stereocenters. The zero-order valence-electron chi connectivity index (χ0n) is 22.2. The third-order valence-corrected chi connectivity index (χ3v) is 6.92. The number of hydrogen-bond donors (Lipinski definition) is 4. The molecule has 0 atom stereocenters. The average Bonchev–Trinajstić information content (AvgIpc) is 2.96. The van der Waals surface area contributed by atoms with Gasteiger partial charge in [-0.05, 0) is 72.5 Å². The van der Waals surface area contributed by atoms with E-state index in [4.69, 9.17) is 20.0 Å². The highest BCUT2D eigenvalue weighted by Crippen LogP contribution is 2.28. The summed E-state index contributed by atoms with van der Waals surface area (Å²) < 4.78 is 47.1. The summed E-state index contributed by atoms with van der Waals surface area (Å²) in [4.78, 5) is 24.3. The van der Waals surface area contributed by atoms with Gasteiger partial charge in [0.1, 0.15) is 23.2 Å². The van der Waals surface area contributed by atoms with Gasteiger partial charge in [-0.3, -0.25) is 10.7 Å². The standard InChI is InChI=1S/C30H27FN4O6S/c31-23-12-16-25(17-13-23)41-30(37)35-28(32)22-7-3-5-20(19-22)6-4-18-34-29(36)40-24-14-10-21(11-15-24)26-8-1-2-9-27(26)42(33,38)39/h1-3,5,7-17,19H,4,6,18H2,(H,34,36)(H2,32,35,37)(H2,33,38,39). The number of amides is 2. The van der Waals surface area contributed by atoms with Crippen LogP contribution in [0.5, 0.6) is 11.5 Å². The fourth-order valence-corrected chi connectivity index (χ4v) is 4.73. The molecular formula is C30H27FN4O6S. The number of primary sulfonamides is 1. The number of benzene rings is 4. The van der Waals surface area contributed by atoms with E-state index in [2.05, 4.69) is 10.6 Å². The largest absolute Gasteiger partial charge is 0.418 e. The summed E-state index contributed by atoms with van der Waals surface area (Å²) in [5.74, 6) is -0.201. The van der Waals surface area contributed by atoms with Crippen LogP contribution in [0.3, 0.4) is 0 Å². The van der Waals surface area contributed by atoms with Gasteiger partial charge in [-0.1, -0.05) is 48.5 Å². The van der Waals surface area contributed by atoms with Crippen molar-refractivity contribution in [2.45, 2.75) is 17.7 Å². The fraction of sp³-hybridized carbons (Fsp3) is 0.100. The van der Waals surface area contributed by atoms with Crippen LogP contribution in [0, 0.1) is 11.2 Å². The highest BCUT2D eigenvalue weighted by atomic mass is 32.2. The lowest BCUT2D eigenvalue weighted by Crippen LogP contribution is -2.33. The van der Waals surface area contributed by atoms with Crippen molar-refractivity contribution in [1.29, 1.82) is 5.41 Å². The molecule has 0 fully saturated rings. The van der Waals surface area contributed by atoms with Crippen molar-refractivity contribution in [3.63, 3.8) is 0 Å². The normalized spacial score (nSPS) is 10.9. The molecule has 0 saturated heterocycles. The van der Waals surface area contributed by atoms with Crippen LogP contribution < -0.4 is 25.2 Å². The van der Waals surface area contributed by atoms with Gasteiger partial charge in [0, 0.05) is 17.7 Å². The molecule has 0 aliphatic carbocycles. The Labute approximate surface area is 241 Å². The number of aryl methyl sites for hydroxylation is 1. The second kappa shape index (κ2) is 13.5. The fourth-order valence-electron chi connectivity index (χ4n) is 3.97. The maximum absolute atomic E-state index is 13.0. The summed E-state index contributed by atoms with van der Waals surface area (Å²) in [5.41, 5.74) is 2.39. The molecule has 5 N–H and O–H groups in total. The van der Waals surface area contributed by atoms with Gasteiger partial charge in [0.05, 0.1) is 4.90 Å². The van der Waals surface area contributed by atoms with E-state index in [0.29, 0.717) is 36.1 Å². The SMILES string of the molecule is N=C(NC(=O)Oc1ccc(F)cc1)c1cccc(CCCNC(=O)Oc2ccc(-c3ccccc3S(N)(=O)=O)cc2)c1. The summed E-state index contributed by atoms with van der Waals surface area (Å²) in [6, 6.07) is 24.7. The zero-order chi connectivity index (χ0) is 30.1. The summed E-state index contributed by atoms with van der Waals surface area (Å²) in [7, 11) is -3.90. The first kappa shape index (κ1) is 29.9. The third kappa shape index (κ3) is 8.46. The van der Waals surface area contributed by atoms with Crippen LogP contribution in [0.1, 0.15) is 17.5 Å². The Kier molecular flexibility index (Phi) is 9.63. The lowest BCUT2D eigenvalue weighted by atomic mass is 10.1. The number of nitrogens with two attached hydrogens (primary N) is 1. The topological polar surface area (TPSA) is 161 Å². The van der Waals surface area contributed by atoms with Crippen LogP contribution in [-0.4, -0.2) is 33.0 Å². The number of ether oxygens (including phenoxy) is 2. The highest BCUT2D eigenvalue weighted by Gasteiger charge is 2.15. The lowest BCUT2D eigenvalue weighted by Gasteiger charge is -2.10. The molecule has 0 aromatic heterocycles. The molecule has 4 aromatic rings. The van der Waals surface area contributed by atoms with E-state index in [-0.39, 0.29) is 22.2 Å². The van der Waals surface area contributed by atoms with Gasteiger partial charge in [0.15, 0.2) is 0 Å². The Morgan fingerprint density at radius 3 is 2.17 bits per heavy atom. The molecule has 0 radical (unpaired) electrons. The van der Waals surface area contributed by atoms with Crippen molar-refractivity contribution in [3.05, 3.63) is 114 Å². The molecule has 12 heteroatoms. The molecule has 0 aliphatic rings. The van der Waals surface area contributed by atoms with E-state index in [0.717, 1.165) is 17.7 Å². The van der Waals surface area contributed by atoms with E-state index in [1.54, 1.807) is 60.7 Å². The minimum absolute atomic E-state index is 0.000536. The number of hydrogen-bond acceptors (Lipinski definition) is 7. The van der Waals surface area contributed by atoms with Crippen molar-refractivity contribution in [3.8, 4) is 22.6 Å². The first-order valence-corrected chi connectivity index (χ1v) is 14.2. The van der Waals surface area contributed by atoms with Crippen molar-refractivity contribution in [2.75, 3.05) is 6.54 Å². The van der Waals surface area contributed by atoms with Crippen LogP contribution in [0.15, 0.2) is 102 Å². The third-order valence-electron chi connectivity index (χ3n) is 5.95. The predicted molar refractivity (Wildman–Crippen MR) is 154 cm³/mol. The van der Waals surface area contributed by atoms with E-state index in [9.17, 15) is 22.4 Å². The summed E-state index contributed by atoms with van der Waals surface area (Å²) >= 11 is 0. The molecule has 0 spiro atoms. The number of halogens is 1. The van der Waals surface area contributed by atoms with Crippen molar-refractivity contribution >= 4 is 28.0 Å². The first-order chi connectivity index (χ1) is 20.1. The molecule has 10 nitrogen and oxygen atoms in total. The van der Waals surface area contributed by atoms with E-state index in [1.165, 1.54) is 18.2 Å². The van der Waals surface area contributed by atoms with Gasteiger partial charge >= 0.3 is 12.2 Å². The minimum atomic E-state index is -3.90. The summed E-state index contributed by atoms with van der Waals surface area (Å²) in [5, 5.41) is 18.5. The van der Waals surface area contributed by atoms with Crippen molar-refractivity contribution < 1.29 is 31.9 Å². The van der Waals surface area contributed by atoms with Gasteiger partial charge in [-0.2, -0.15) is 0 Å². The Bertz CT molecular complexity index is 1690. The second-order valence-corrected chi connectivity index (χ2v) is 10.6. The van der Waals surface area contributed by atoms with Gasteiger partial charge in [0.25, 0.3) is 0 Å². The second-order valence-electron chi connectivity index (χ2n) is 9.03. The van der Waals surface area contributed by atoms with Crippen molar-refractivity contribution in [2.24, 2.45) is 5.14 Å². The number of carbonyl (C=O) groups is 2. The molecule has 42 heavy (non-hydrogen) atoms. The Hall–Kier alpha value is -5.07. The van der Waals surface area contributed by atoms with Gasteiger partial charge in [0.2, 0.25) is 10.0 Å². The van der Waals surface area contributed by atoms with Crippen LogP contribution in [0.4, 0.5) is 14.0 Å². The molecule has 4 rings (SSSR count). The van der Waals surface area contributed by atoms with Gasteiger partial charge in [-0.25, -0.2) is 27.5 Å².